The summed E-state index contributed by atoms with van der Waals surface area (Å²) in [6, 6.07) is 21.7. The molecule has 0 saturated carbocycles. The molecule has 6 heteroatoms. The van der Waals surface area contributed by atoms with Crippen LogP contribution in [0.4, 0.5) is 4.79 Å². The van der Waals surface area contributed by atoms with Gasteiger partial charge in [0, 0.05) is 18.7 Å². The first kappa shape index (κ1) is 25.5. The maximum Gasteiger partial charge on any atom is 0.407 e. The van der Waals surface area contributed by atoms with E-state index in [0.29, 0.717) is 6.54 Å². The SMILES string of the molecule is CC(C)(C)OC(=O)NC[C@@H]1C[C@H](O[Si](c2ccccc2)(c2ccccc2)C(C)(C)C)CCN1. The van der Waals surface area contributed by atoms with E-state index in [-0.39, 0.29) is 23.3 Å². The van der Waals surface area contributed by atoms with Gasteiger partial charge in [0.15, 0.2) is 0 Å². The first-order valence-corrected chi connectivity index (χ1v) is 13.9. The molecule has 1 fully saturated rings. The van der Waals surface area contributed by atoms with Crippen LogP contribution in [-0.2, 0) is 9.16 Å². The number of carbonyl (C=O) groups excluding carboxylic acids is 1. The minimum atomic E-state index is -2.58. The van der Waals surface area contributed by atoms with Crippen LogP contribution in [0.2, 0.25) is 5.04 Å². The average molecular weight is 469 g/mol. The molecule has 0 aromatic heterocycles. The van der Waals surface area contributed by atoms with Gasteiger partial charge in [-0.05, 0) is 55.6 Å². The lowest BCUT2D eigenvalue weighted by atomic mass is 10.0. The average Bonchev–Trinajstić information content (AvgIpc) is 2.75. The third-order valence-electron chi connectivity index (χ3n) is 6.10. The Morgan fingerprint density at radius 3 is 2.00 bits per heavy atom. The van der Waals surface area contributed by atoms with Crippen LogP contribution in [0.3, 0.4) is 0 Å². The molecule has 1 aliphatic heterocycles. The molecular weight excluding hydrogens is 428 g/mol. The Labute approximate surface area is 200 Å². The first-order valence-electron chi connectivity index (χ1n) is 12.0. The van der Waals surface area contributed by atoms with Crippen LogP contribution in [0, 0.1) is 0 Å². The van der Waals surface area contributed by atoms with E-state index < -0.39 is 13.9 Å². The van der Waals surface area contributed by atoms with Gasteiger partial charge in [-0.25, -0.2) is 4.79 Å². The summed E-state index contributed by atoms with van der Waals surface area (Å²) in [5, 5.41) is 9.00. The molecule has 1 aliphatic rings. The van der Waals surface area contributed by atoms with Crippen LogP contribution in [0.25, 0.3) is 0 Å². The number of benzene rings is 2. The second kappa shape index (κ2) is 10.4. The normalized spacial score (nSPS) is 19.7. The van der Waals surface area contributed by atoms with E-state index in [1.807, 2.05) is 20.8 Å². The highest BCUT2D eigenvalue weighted by Crippen LogP contribution is 2.38. The highest BCUT2D eigenvalue weighted by atomic mass is 28.4. The van der Waals surface area contributed by atoms with Gasteiger partial charge in [-0.1, -0.05) is 81.4 Å². The van der Waals surface area contributed by atoms with Crippen molar-refractivity contribution in [3.8, 4) is 0 Å². The fourth-order valence-electron chi connectivity index (χ4n) is 4.69. The van der Waals surface area contributed by atoms with Crippen LogP contribution in [0.15, 0.2) is 60.7 Å². The Hall–Kier alpha value is -2.15. The molecule has 1 saturated heterocycles. The van der Waals surface area contributed by atoms with Crippen molar-refractivity contribution in [3.63, 3.8) is 0 Å². The number of rotatable bonds is 6. The van der Waals surface area contributed by atoms with Gasteiger partial charge < -0.3 is 19.8 Å². The number of nitrogens with one attached hydrogen (secondary N) is 2. The van der Waals surface area contributed by atoms with Gasteiger partial charge in [-0.3, -0.25) is 0 Å². The van der Waals surface area contributed by atoms with E-state index in [4.69, 9.17) is 9.16 Å². The van der Waals surface area contributed by atoms with E-state index in [2.05, 4.69) is 92.1 Å². The molecule has 0 spiro atoms. The van der Waals surface area contributed by atoms with E-state index >= 15 is 0 Å². The molecular formula is C27H40N2O3Si. The van der Waals surface area contributed by atoms with Crippen LogP contribution < -0.4 is 21.0 Å². The van der Waals surface area contributed by atoms with Crippen LogP contribution >= 0.6 is 0 Å². The van der Waals surface area contributed by atoms with Crippen molar-refractivity contribution in [3.05, 3.63) is 60.7 Å². The standard InChI is InChI=1S/C27H40N2O3Si/c1-26(2,3)31-25(30)29-20-21-19-22(17-18-28-21)32-33(27(4,5)6,23-13-9-7-10-14-23)24-15-11-8-12-16-24/h7-16,21-22,28H,17-20H2,1-6H3,(H,29,30)/t21-,22+/m0/s1. The maximum absolute atomic E-state index is 12.1. The number of amides is 1. The zero-order chi connectivity index (χ0) is 24.1. The maximum atomic E-state index is 12.1. The molecule has 2 N–H and O–H groups in total. The molecule has 5 nitrogen and oxygen atoms in total. The summed E-state index contributed by atoms with van der Waals surface area (Å²) in [6.07, 6.45) is 1.54. The van der Waals surface area contributed by atoms with Crippen LogP contribution in [-0.4, -0.2) is 45.2 Å². The number of carbonyl (C=O) groups is 1. The monoisotopic (exact) mass is 468 g/mol. The van der Waals surface area contributed by atoms with Crippen molar-refractivity contribution in [2.75, 3.05) is 13.1 Å². The molecule has 1 amide bonds. The third-order valence-corrected chi connectivity index (χ3v) is 11.2. The number of alkyl carbamates (subject to hydrolysis) is 1. The highest BCUT2D eigenvalue weighted by molar-refractivity contribution is 6.99. The quantitative estimate of drug-likeness (QED) is 0.624. The molecule has 0 aliphatic carbocycles. The topological polar surface area (TPSA) is 59.6 Å². The van der Waals surface area contributed by atoms with Crippen molar-refractivity contribution < 1.29 is 14.0 Å². The Balaban J connectivity index is 1.82. The lowest BCUT2D eigenvalue weighted by molar-refractivity contribution is 0.0510. The molecule has 2 aromatic carbocycles. The van der Waals surface area contributed by atoms with Crippen molar-refractivity contribution in [2.24, 2.45) is 0 Å². The fourth-order valence-corrected chi connectivity index (χ4v) is 9.42. The zero-order valence-corrected chi connectivity index (χ0v) is 22.0. The minimum Gasteiger partial charge on any atom is -0.444 e. The lowest BCUT2D eigenvalue weighted by Crippen LogP contribution is -2.68. The van der Waals surface area contributed by atoms with Gasteiger partial charge in [0.2, 0.25) is 0 Å². The third kappa shape index (κ3) is 6.46. The van der Waals surface area contributed by atoms with Gasteiger partial charge in [0.25, 0.3) is 8.32 Å². The molecule has 0 radical (unpaired) electrons. The second-order valence-corrected chi connectivity index (χ2v) is 15.2. The largest absolute Gasteiger partial charge is 0.444 e. The summed E-state index contributed by atoms with van der Waals surface area (Å²) in [6.45, 7) is 13.9. The Kier molecular flexibility index (Phi) is 8.03. The van der Waals surface area contributed by atoms with Gasteiger partial charge in [-0.2, -0.15) is 0 Å². The van der Waals surface area contributed by atoms with Gasteiger partial charge in [-0.15, -0.1) is 0 Å². The van der Waals surface area contributed by atoms with E-state index in [1.165, 1.54) is 10.4 Å². The zero-order valence-electron chi connectivity index (χ0n) is 21.0. The van der Waals surface area contributed by atoms with E-state index in [9.17, 15) is 4.79 Å². The van der Waals surface area contributed by atoms with E-state index in [0.717, 1.165) is 19.4 Å². The summed E-state index contributed by atoms with van der Waals surface area (Å²) in [5.74, 6) is 0. The minimum absolute atomic E-state index is 0.0508. The lowest BCUT2D eigenvalue weighted by Gasteiger charge is -2.46. The predicted molar refractivity (Wildman–Crippen MR) is 138 cm³/mol. The molecule has 2 aromatic rings. The number of hydrogen-bond donors (Lipinski definition) is 2. The summed E-state index contributed by atoms with van der Waals surface area (Å²) in [4.78, 5) is 12.1. The summed E-state index contributed by atoms with van der Waals surface area (Å²) in [5.41, 5.74) is -0.501. The van der Waals surface area contributed by atoms with Crippen molar-refractivity contribution in [1.29, 1.82) is 0 Å². The summed E-state index contributed by atoms with van der Waals surface area (Å²) in [7, 11) is -2.58. The molecule has 0 bridgehead atoms. The van der Waals surface area contributed by atoms with Gasteiger partial charge >= 0.3 is 6.09 Å². The molecule has 0 unspecified atom stereocenters. The molecule has 1 heterocycles. The second-order valence-electron chi connectivity index (χ2n) is 11.0. The molecule has 3 rings (SSSR count). The van der Waals surface area contributed by atoms with Gasteiger partial charge in [0.1, 0.15) is 5.60 Å². The molecule has 33 heavy (non-hydrogen) atoms. The number of hydrogen-bond acceptors (Lipinski definition) is 4. The molecule has 180 valence electrons. The number of piperidine rings is 1. The number of ether oxygens (including phenoxy) is 1. The first-order chi connectivity index (χ1) is 15.5. The van der Waals surface area contributed by atoms with Gasteiger partial charge in [0.05, 0.1) is 0 Å². The Bertz CT molecular complexity index is 852. The van der Waals surface area contributed by atoms with Crippen molar-refractivity contribution >= 4 is 24.8 Å². The smallest absolute Gasteiger partial charge is 0.407 e. The molecule has 2 atom stereocenters. The highest BCUT2D eigenvalue weighted by Gasteiger charge is 2.51. The predicted octanol–water partition coefficient (Wildman–Crippen LogP) is 4.21. The van der Waals surface area contributed by atoms with Crippen LogP contribution in [0.1, 0.15) is 54.4 Å². The summed E-state index contributed by atoms with van der Waals surface area (Å²) < 4.78 is 12.7. The summed E-state index contributed by atoms with van der Waals surface area (Å²) >= 11 is 0. The van der Waals surface area contributed by atoms with Crippen LogP contribution in [0.5, 0.6) is 0 Å². The Morgan fingerprint density at radius 1 is 0.970 bits per heavy atom. The fraction of sp³-hybridized carbons (Fsp3) is 0.519. The Morgan fingerprint density at radius 2 is 1.52 bits per heavy atom. The van der Waals surface area contributed by atoms with E-state index in [1.54, 1.807) is 0 Å². The van der Waals surface area contributed by atoms with Crippen molar-refractivity contribution in [2.45, 2.75) is 77.2 Å². The van der Waals surface area contributed by atoms with Crippen molar-refractivity contribution in [1.82, 2.24) is 10.6 Å².